The highest BCUT2D eigenvalue weighted by atomic mass is 35.5. The van der Waals surface area contributed by atoms with Crippen molar-refractivity contribution in [2.45, 2.75) is 26.3 Å². The van der Waals surface area contributed by atoms with E-state index in [-0.39, 0.29) is 29.8 Å². The number of hydrogen-bond acceptors (Lipinski definition) is 6. The Labute approximate surface area is 189 Å². The highest BCUT2D eigenvalue weighted by Gasteiger charge is 2.22. The Kier molecular flexibility index (Phi) is 9.49. The molecule has 6 nitrogen and oxygen atoms in total. The SMILES string of the molecule is CCOC(=O)[C@@H](CSC(=O)Cc1ccccc1Nc1c(Cl)cccc1Cl)NC(C)=O. The number of esters is 1. The van der Waals surface area contributed by atoms with Gasteiger partial charge in [0.15, 0.2) is 5.12 Å². The van der Waals surface area contributed by atoms with Crippen molar-refractivity contribution in [1.82, 2.24) is 5.32 Å². The largest absolute Gasteiger partial charge is 0.464 e. The van der Waals surface area contributed by atoms with Crippen LogP contribution in [-0.2, 0) is 25.5 Å². The molecule has 160 valence electrons. The number of benzene rings is 2. The second-order valence-corrected chi connectivity index (χ2v) is 8.14. The van der Waals surface area contributed by atoms with E-state index in [1.807, 2.05) is 24.3 Å². The van der Waals surface area contributed by atoms with Crippen LogP contribution in [0, 0.1) is 0 Å². The van der Waals surface area contributed by atoms with Crippen molar-refractivity contribution in [3.05, 3.63) is 58.1 Å². The molecular formula is C21H22Cl2N2O4S. The first-order valence-electron chi connectivity index (χ1n) is 9.20. The topological polar surface area (TPSA) is 84.5 Å². The van der Waals surface area contributed by atoms with Crippen LogP contribution < -0.4 is 10.6 Å². The van der Waals surface area contributed by atoms with Crippen LogP contribution in [0.1, 0.15) is 19.4 Å². The number of rotatable bonds is 9. The molecular weight excluding hydrogens is 447 g/mol. The number of carbonyl (C=O) groups is 3. The third-order valence-corrected chi connectivity index (χ3v) is 5.53. The van der Waals surface area contributed by atoms with Crippen LogP contribution in [0.4, 0.5) is 11.4 Å². The van der Waals surface area contributed by atoms with Gasteiger partial charge >= 0.3 is 5.97 Å². The normalized spacial score (nSPS) is 11.5. The quantitative estimate of drug-likeness (QED) is 0.522. The molecule has 2 aromatic rings. The van der Waals surface area contributed by atoms with Crippen molar-refractivity contribution in [2.75, 3.05) is 17.7 Å². The Balaban J connectivity index is 2.06. The summed E-state index contributed by atoms with van der Waals surface area (Å²) in [5.41, 5.74) is 2.00. The highest BCUT2D eigenvalue weighted by molar-refractivity contribution is 8.13. The van der Waals surface area contributed by atoms with Crippen LogP contribution in [0.25, 0.3) is 0 Å². The summed E-state index contributed by atoms with van der Waals surface area (Å²) in [5.74, 6) is -0.848. The van der Waals surface area contributed by atoms with E-state index in [1.54, 1.807) is 25.1 Å². The summed E-state index contributed by atoms with van der Waals surface area (Å²) in [6.07, 6.45) is 0.117. The Bertz CT molecular complexity index is 903. The van der Waals surface area contributed by atoms with Crippen molar-refractivity contribution in [3.63, 3.8) is 0 Å². The Morgan fingerprint density at radius 3 is 2.37 bits per heavy atom. The molecule has 0 saturated heterocycles. The van der Waals surface area contributed by atoms with Gasteiger partial charge in [-0.3, -0.25) is 9.59 Å². The van der Waals surface area contributed by atoms with Gasteiger partial charge < -0.3 is 15.4 Å². The van der Waals surface area contributed by atoms with Gasteiger partial charge in [-0.05, 0) is 30.7 Å². The summed E-state index contributed by atoms with van der Waals surface area (Å²) in [6, 6.07) is 11.6. The molecule has 30 heavy (non-hydrogen) atoms. The molecule has 0 aromatic heterocycles. The molecule has 1 atom stereocenters. The monoisotopic (exact) mass is 468 g/mol. The summed E-state index contributed by atoms with van der Waals surface area (Å²) in [5, 5.41) is 6.46. The van der Waals surface area contributed by atoms with Crippen LogP contribution in [0.5, 0.6) is 0 Å². The van der Waals surface area contributed by atoms with E-state index in [2.05, 4.69) is 10.6 Å². The number of thioether (sulfide) groups is 1. The molecule has 0 aliphatic rings. The van der Waals surface area contributed by atoms with E-state index in [0.717, 1.165) is 17.3 Å². The smallest absolute Gasteiger partial charge is 0.329 e. The predicted molar refractivity (Wildman–Crippen MR) is 122 cm³/mol. The summed E-state index contributed by atoms with van der Waals surface area (Å²) in [6.45, 7) is 3.17. The molecule has 1 amide bonds. The van der Waals surface area contributed by atoms with E-state index in [0.29, 0.717) is 21.4 Å². The van der Waals surface area contributed by atoms with Gasteiger partial charge in [0.1, 0.15) is 6.04 Å². The van der Waals surface area contributed by atoms with Crippen molar-refractivity contribution in [3.8, 4) is 0 Å². The van der Waals surface area contributed by atoms with Gasteiger partial charge in [-0.1, -0.05) is 59.2 Å². The molecule has 0 bridgehead atoms. The summed E-state index contributed by atoms with van der Waals surface area (Å²) >= 11 is 13.4. The van der Waals surface area contributed by atoms with E-state index in [4.69, 9.17) is 27.9 Å². The number of halogens is 2. The minimum absolute atomic E-state index is 0.0865. The van der Waals surface area contributed by atoms with Crippen molar-refractivity contribution in [1.29, 1.82) is 0 Å². The zero-order chi connectivity index (χ0) is 22.1. The second-order valence-electron chi connectivity index (χ2n) is 6.24. The fraction of sp³-hybridized carbons (Fsp3) is 0.286. The zero-order valence-electron chi connectivity index (χ0n) is 16.5. The van der Waals surface area contributed by atoms with Gasteiger partial charge in [0.25, 0.3) is 0 Å². The number of hydrogen-bond donors (Lipinski definition) is 2. The highest BCUT2D eigenvalue weighted by Crippen LogP contribution is 2.33. The minimum atomic E-state index is -0.883. The van der Waals surface area contributed by atoms with Gasteiger partial charge in [0.2, 0.25) is 5.91 Å². The molecule has 0 aliphatic carbocycles. The van der Waals surface area contributed by atoms with Crippen LogP contribution in [0.3, 0.4) is 0 Å². The molecule has 0 fully saturated rings. The zero-order valence-corrected chi connectivity index (χ0v) is 18.9. The first-order valence-corrected chi connectivity index (χ1v) is 10.9. The molecule has 2 aromatic carbocycles. The van der Waals surface area contributed by atoms with Crippen LogP contribution in [-0.4, -0.2) is 35.4 Å². The molecule has 0 unspecified atom stereocenters. The average molecular weight is 469 g/mol. The number of nitrogens with one attached hydrogen (secondary N) is 2. The van der Waals surface area contributed by atoms with Gasteiger partial charge in [0, 0.05) is 24.8 Å². The maximum Gasteiger partial charge on any atom is 0.329 e. The van der Waals surface area contributed by atoms with Crippen molar-refractivity contribution >= 4 is 63.3 Å². The number of carbonyl (C=O) groups excluding carboxylic acids is 3. The maximum atomic E-state index is 12.5. The van der Waals surface area contributed by atoms with E-state index >= 15 is 0 Å². The molecule has 2 rings (SSSR count). The standard InChI is InChI=1S/C21H22Cl2N2O4S/c1-3-29-21(28)18(24-13(2)26)12-30-19(27)11-14-7-4-5-10-17(14)25-20-15(22)8-6-9-16(20)23/h4-10,18,25H,3,11-12H2,1-2H3,(H,24,26)/t18-/m1/s1. The Morgan fingerprint density at radius 2 is 1.73 bits per heavy atom. The number of anilines is 2. The number of ether oxygens (including phenoxy) is 1. The van der Waals surface area contributed by atoms with Gasteiger partial charge in [-0.15, -0.1) is 0 Å². The first kappa shape index (κ1) is 24.1. The third-order valence-electron chi connectivity index (χ3n) is 3.93. The Hall–Kier alpha value is -2.22. The molecule has 0 saturated carbocycles. The lowest BCUT2D eigenvalue weighted by Gasteiger charge is -2.16. The van der Waals surface area contributed by atoms with Gasteiger partial charge in [0.05, 0.1) is 22.3 Å². The van der Waals surface area contributed by atoms with E-state index in [1.165, 1.54) is 6.92 Å². The fourth-order valence-electron chi connectivity index (χ4n) is 2.59. The molecule has 0 radical (unpaired) electrons. The van der Waals surface area contributed by atoms with Crippen molar-refractivity contribution in [2.24, 2.45) is 0 Å². The maximum absolute atomic E-state index is 12.5. The molecule has 0 aliphatic heterocycles. The molecule has 0 spiro atoms. The summed E-state index contributed by atoms with van der Waals surface area (Å²) in [4.78, 5) is 35.8. The Morgan fingerprint density at radius 1 is 1.07 bits per heavy atom. The fourth-order valence-corrected chi connectivity index (χ4v) is 3.91. The van der Waals surface area contributed by atoms with E-state index in [9.17, 15) is 14.4 Å². The number of para-hydroxylation sites is 2. The third kappa shape index (κ3) is 7.23. The van der Waals surface area contributed by atoms with Crippen LogP contribution in [0.2, 0.25) is 10.0 Å². The lowest BCUT2D eigenvalue weighted by molar-refractivity contribution is -0.146. The van der Waals surface area contributed by atoms with Crippen LogP contribution >= 0.6 is 35.0 Å². The average Bonchev–Trinajstić information content (AvgIpc) is 2.69. The summed E-state index contributed by atoms with van der Waals surface area (Å²) < 4.78 is 4.95. The lowest BCUT2D eigenvalue weighted by Crippen LogP contribution is -2.42. The molecule has 0 heterocycles. The van der Waals surface area contributed by atoms with Gasteiger partial charge in [-0.25, -0.2) is 4.79 Å². The predicted octanol–water partition coefficient (Wildman–Crippen LogP) is 4.61. The lowest BCUT2D eigenvalue weighted by atomic mass is 10.1. The second kappa shape index (κ2) is 11.8. The molecule has 2 N–H and O–H groups in total. The first-order chi connectivity index (χ1) is 14.3. The van der Waals surface area contributed by atoms with Gasteiger partial charge in [-0.2, -0.15) is 0 Å². The summed E-state index contributed by atoms with van der Waals surface area (Å²) in [7, 11) is 0. The van der Waals surface area contributed by atoms with Crippen LogP contribution in [0.15, 0.2) is 42.5 Å². The molecule has 9 heteroatoms. The van der Waals surface area contributed by atoms with E-state index < -0.39 is 12.0 Å². The minimum Gasteiger partial charge on any atom is -0.464 e. The van der Waals surface area contributed by atoms with Crippen molar-refractivity contribution < 1.29 is 19.1 Å². The number of amides is 1.